The van der Waals surface area contributed by atoms with Crippen molar-refractivity contribution >= 4 is 18.0 Å². The summed E-state index contributed by atoms with van der Waals surface area (Å²) >= 11 is 0. The van der Waals surface area contributed by atoms with Gasteiger partial charge in [-0.2, -0.15) is 0 Å². The molecule has 0 spiro atoms. The number of amides is 2. The number of carboxylic acid groups (broad SMARTS) is 1. The van der Waals surface area contributed by atoms with Gasteiger partial charge in [0.05, 0.1) is 0 Å². The first-order chi connectivity index (χ1) is 13.0. The molecule has 2 aromatic rings. The van der Waals surface area contributed by atoms with E-state index >= 15 is 0 Å². The van der Waals surface area contributed by atoms with Gasteiger partial charge in [0.1, 0.15) is 12.6 Å². The molecule has 7 nitrogen and oxygen atoms in total. The molecule has 0 saturated carbocycles. The lowest BCUT2D eigenvalue weighted by Crippen LogP contribution is -2.41. The fourth-order valence-corrected chi connectivity index (χ4v) is 3.23. The zero-order valence-corrected chi connectivity index (χ0v) is 14.6. The van der Waals surface area contributed by atoms with E-state index in [1.807, 2.05) is 30.3 Å². The topological polar surface area (TPSA) is 119 Å². The van der Waals surface area contributed by atoms with Crippen molar-refractivity contribution in [2.24, 2.45) is 5.73 Å². The van der Waals surface area contributed by atoms with Crippen LogP contribution in [-0.4, -0.2) is 29.1 Å². The van der Waals surface area contributed by atoms with Gasteiger partial charge in [0.2, 0.25) is 5.91 Å². The van der Waals surface area contributed by atoms with Crippen molar-refractivity contribution in [3.05, 3.63) is 59.2 Å². The van der Waals surface area contributed by atoms with Crippen molar-refractivity contribution in [2.45, 2.75) is 31.9 Å². The Hall–Kier alpha value is -3.35. The Balaban J connectivity index is 1.63. The zero-order chi connectivity index (χ0) is 19.4. The molecule has 2 aromatic carbocycles. The summed E-state index contributed by atoms with van der Waals surface area (Å²) in [6.45, 7) is 0.0329. The number of benzene rings is 2. The molecule has 3 rings (SSSR count). The van der Waals surface area contributed by atoms with Gasteiger partial charge in [-0.1, -0.05) is 42.5 Å². The summed E-state index contributed by atoms with van der Waals surface area (Å²) in [6, 6.07) is 12.7. The van der Waals surface area contributed by atoms with Crippen LogP contribution in [0, 0.1) is 0 Å². The second-order valence-electron chi connectivity index (χ2n) is 6.39. The quantitative estimate of drug-likeness (QED) is 0.591. The molecule has 0 aliphatic heterocycles. The predicted octanol–water partition coefficient (Wildman–Crippen LogP) is 2.20. The third-order valence-electron chi connectivity index (χ3n) is 4.58. The largest absolute Gasteiger partial charge is 0.480 e. The monoisotopic (exact) mass is 368 g/mol. The third kappa shape index (κ3) is 4.25. The van der Waals surface area contributed by atoms with Crippen LogP contribution in [0.15, 0.2) is 42.5 Å². The average Bonchev–Trinajstić information content (AvgIpc) is 3.02. The van der Waals surface area contributed by atoms with Crippen LogP contribution in [0.4, 0.5) is 4.79 Å². The van der Waals surface area contributed by atoms with Gasteiger partial charge in [-0.15, -0.1) is 0 Å². The van der Waals surface area contributed by atoms with Crippen molar-refractivity contribution < 1.29 is 24.2 Å². The number of primary amides is 1. The molecule has 2 amide bonds. The lowest BCUT2D eigenvalue weighted by molar-refractivity contribution is -0.139. The molecule has 1 aliphatic rings. The Morgan fingerprint density at radius 2 is 1.85 bits per heavy atom. The van der Waals surface area contributed by atoms with Crippen LogP contribution in [0.1, 0.15) is 29.5 Å². The van der Waals surface area contributed by atoms with Crippen LogP contribution in [0.3, 0.4) is 0 Å². The SMILES string of the molecule is NC(=O)CCC(NC(=O)OCc1cccc2c1Cc1ccccc1-2)C(=O)O. The van der Waals surface area contributed by atoms with Gasteiger partial charge in [0.25, 0.3) is 0 Å². The number of hydrogen-bond acceptors (Lipinski definition) is 4. The maximum absolute atomic E-state index is 12.0. The van der Waals surface area contributed by atoms with Gasteiger partial charge < -0.3 is 20.9 Å². The maximum atomic E-state index is 12.0. The highest BCUT2D eigenvalue weighted by atomic mass is 16.5. The highest BCUT2D eigenvalue weighted by molar-refractivity contribution is 5.81. The van der Waals surface area contributed by atoms with Gasteiger partial charge in [0.15, 0.2) is 0 Å². The number of hydrogen-bond donors (Lipinski definition) is 3. The fraction of sp³-hybridized carbons (Fsp3) is 0.250. The van der Waals surface area contributed by atoms with E-state index in [-0.39, 0.29) is 19.4 Å². The average molecular weight is 368 g/mol. The summed E-state index contributed by atoms with van der Waals surface area (Å²) in [4.78, 5) is 34.0. The molecule has 1 atom stereocenters. The van der Waals surface area contributed by atoms with E-state index in [9.17, 15) is 14.4 Å². The van der Waals surface area contributed by atoms with Crippen LogP contribution in [0.5, 0.6) is 0 Å². The number of nitrogens with one attached hydrogen (secondary N) is 1. The number of fused-ring (bicyclic) bond motifs is 3. The summed E-state index contributed by atoms with van der Waals surface area (Å²) < 4.78 is 5.21. The summed E-state index contributed by atoms with van der Waals surface area (Å²) in [5.74, 6) is -1.87. The Bertz CT molecular complexity index is 894. The Morgan fingerprint density at radius 1 is 1.11 bits per heavy atom. The smallest absolute Gasteiger partial charge is 0.408 e. The van der Waals surface area contributed by atoms with E-state index in [0.717, 1.165) is 23.1 Å². The van der Waals surface area contributed by atoms with E-state index in [4.69, 9.17) is 15.6 Å². The van der Waals surface area contributed by atoms with Crippen molar-refractivity contribution in [2.75, 3.05) is 0 Å². The molecule has 4 N–H and O–H groups in total. The van der Waals surface area contributed by atoms with Gasteiger partial charge in [-0.3, -0.25) is 4.79 Å². The number of rotatable bonds is 7. The molecule has 0 fully saturated rings. The summed E-state index contributed by atoms with van der Waals surface area (Å²) in [5.41, 5.74) is 10.5. The third-order valence-corrected chi connectivity index (χ3v) is 4.58. The minimum Gasteiger partial charge on any atom is -0.480 e. The predicted molar refractivity (Wildman–Crippen MR) is 97.9 cm³/mol. The van der Waals surface area contributed by atoms with Gasteiger partial charge in [-0.05, 0) is 40.7 Å². The van der Waals surface area contributed by atoms with Crippen molar-refractivity contribution in [3.8, 4) is 11.1 Å². The molecule has 7 heteroatoms. The standard InChI is InChI=1S/C20H20N2O5/c21-18(23)9-8-17(19(24)25)22-20(26)27-11-13-5-3-7-15-14-6-2-1-4-12(14)10-16(13)15/h1-7,17H,8-11H2,(H2,21,23)(H,22,26)(H,24,25). The van der Waals surface area contributed by atoms with Crippen molar-refractivity contribution in [1.29, 1.82) is 0 Å². The highest BCUT2D eigenvalue weighted by Gasteiger charge is 2.23. The van der Waals surface area contributed by atoms with E-state index < -0.39 is 24.0 Å². The lowest BCUT2D eigenvalue weighted by atomic mass is 10.0. The second-order valence-corrected chi connectivity index (χ2v) is 6.39. The molecule has 140 valence electrons. The van der Waals surface area contributed by atoms with Crippen molar-refractivity contribution in [1.82, 2.24) is 5.32 Å². The Morgan fingerprint density at radius 3 is 2.59 bits per heavy atom. The summed E-state index contributed by atoms with van der Waals surface area (Å²) in [5, 5.41) is 11.4. The molecule has 0 saturated heterocycles. The van der Waals surface area contributed by atoms with E-state index in [0.29, 0.717) is 0 Å². The molecular formula is C20H20N2O5. The molecule has 1 unspecified atom stereocenters. The normalized spacial score (nSPS) is 12.6. The number of ether oxygens (including phenoxy) is 1. The van der Waals surface area contributed by atoms with Crippen LogP contribution in [-0.2, 0) is 27.4 Å². The molecule has 0 bridgehead atoms. The van der Waals surface area contributed by atoms with Crippen LogP contribution < -0.4 is 11.1 Å². The van der Waals surface area contributed by atoms with Gasteiger partial charge in [-0.25, -0.2) is 9.59 Å². The highest BCUT2D eigenvalue weighted by Crippen LogP contribution is 2.38. The van der Waals surface area contributed by atoms with Crippen LogP contribution in [0.2, 0.25) is 0 Å². The first kappa shape index (κ1) is 18.4. The van der Waals surface area contributed by atoms with Crippen LogP contribution in [0.25, 0.3) is 11.1 Å². The molecule has 1 aliphatic carbocycles. The molecular weight excluding hydrogens is 348 g/mol. The molecule has 27 heavy (non-hydrogen) atoms. The zero-order valence-electron chi connectivity index (χ0n) is 14.6. The number of carbonyl (C=O) groups is 3. The number of carbonyl (C=O) groups excluding carboxylic acids is 2. The number of carboxylic acids is 1. The number of alkyl carbamates (subject to hydrolysis) is 1. The molecule has 0 aromatic heterocycles. The summed E-state index contributed by atoms with van der Waals surface area (Å²) in [7, 11) is 0. The van der Waals surface area contributed by atoms with Gasteiger partial charge in [0, 0.05) is 6.42 Å². The minimum absolute atomic E-state index is 0.0329. The number of nitrogens with two attached hydrogens (primary N) is 1. The Labute approximate surface area is 156 Å². The Kier molecular flexibility index (Phi) is 5.40. The number of aliphatic carboxylic acids is 1. The minimum atomic E-state index is -1.25. The van der Waals surface area contributed by atoms with Gasteiger partial charge >= 0.3 is 12.1 Å². The fourth-order valence-electron chi connectivity index (χ4n) is 3.23. The lowest BCUT2D eigenvalue weighted by Gasteiger charge is -2.15. The molecule has 0 radical (unpaired) electrons. The first-order valence-corrected chi connectivity index (χ1v) is 8.59. The van der Waals surface area contributed by atoms with Crippen LogP contribution >= 0.6 is 0 Å². The maximum Gasteiger partial charge on any atom is 0.408 e. The van der Waals surface area contributed by atoms with E-state index in [1.54, 1.807) is 0 Å². The second kappa shape index (κ2) is 7.90. The van der Waals surface area contributed by atoms with E-state index in [1.165, 1.54) is 11.1 Å². The summed E-state index contributed by atoms with van der Waals surface area (Å²) in [6.07, 6.45) is -0.305. The molecule has 0 heterocycles. The first-order valence-electron chi connectivity index (χ1n) is 8.59. The van der Waals surface area contributed by atoms with Crippen molar-refractivity contribution in [3.63, 3.8) is 0 Å². The van der Waals surface area contributed by atoms with E-state index in [2.05, 4.69) is 17.4 Å².